The third-order valence-electron chi connectivity index (χ3n) is 15.1. The van der Waals surface area contributed by atoms with Gasteiger partial charge in [-0.2, -0.15) is 0 Å². The maximum Gasteiger partial charge on any atom is 0.472 e. The molecule has 0 saturated heterocycles. The number of carbonyl (C=O) groups is 4. The molecule has 19 heteroatoms. The molecule has 0 fully saturated rings. The van der Waals surface area contributed by atoms with Crippen LogP contribution in [0.3, 0.4) is 0 Å². The summed E-state index contributed by atoms with van der Waals surface area (Å²) in [6, 6.07) is 0. The molecule has 0 aliphatic carbocycles. The first-order valence-electron chi connectivity index (χ1n) is 34.3. The molecule has 0 amide bonds. The van der Waals surface area contributed by atoms with E-state index in [1.165, 1.54) is 141 Å². The average Bonchev–Trinajstić information content (AvgIpc) is 3.50. The second kappa shape index (κ2) is 60.0. The monoisotopic (exact) mass is 1240 g/mol. The molecule has 0 saturated carbocycles. The highest BCUT2D eigenvalue weighted by molar-refractivity contribution is 7.47. The Morgan fingerprint density at radius 1 is 0.286 bits per heavy atom. The maximum absolute atomic E-state index is 13.0. The van der Waals surface area contributed by atoms with Gasteiger partial charge in [-0.1, -0.05) is 285 Å². The smallest absolute Gasteiger partial charge is 0.462 e. The summed E-state index contributed by atoms with van der Waals surface area (Å²) in [7, 11) is -9.88. The Bertz CT molecular complexity index is 1620. The van der Waals surface area contributed by atoms with Gasteiger partial charge in [0.1, 0.15) is 19.3 Å². The summed E-state index contributed by atoms with van der Waals surface area (Å²) in [4.78, 5) is 72.0. The minimum absolute atomic E-state index is 0.104. The van der Waals surface area contributed by atoms with E-state index in [1.807, 2.05) is 0 Å². The van der Waals surface area contributed by atoms with Gasteiger partial charge in [-0.05, 0) is 25.7 Å². The van der Waals surface area contributed by atoms with Gasteiger partial charge in [0.2, 0.25) is 0 Å². The molecular formula is C65H126O17P2. The number of aliphatic hydroxyl groups is 1. The van der Waals surface area contributed by atoms with Crippen molar-refractivity contribution in [2.75, 3.05) is 39.6 Å². The highest BCUT2D eigenvalue weighted by Gasteiger charge is 2.30. The zero-order chi connectivity index (χ0) is 61.9. The van der Waals surface area contributed by atoms with E-state index in [9.17, 15) is 43.2 Å². The summed E-state index contributed by atoms with van der Waals surface area (Å²) in [6.07, 6.45) is 46.1. The van der Waals surface area contributed by atoms with Crippen LogP contribution < -0.4 is 0 Å². The molecule has 2 unspecified atom stereocenters. The lowest BCUT2D eigenvalue weighted by atomic mass is 10.0. The van der Waals surface area contributed by atoms with E-state index in [2.05, 4.69) is 27.7 Å². The molecule has 0 bridgehead atoms. The highest BCUT2D eigenvalue weighted by Crippen LogP contribution is 2.45. The summed E-state index contributed by atoms with van der Waals surface area (Å²) in [6.45, 7) is 4.83. The Hall–Kier alpha value is -1.94. The molecule has 3 N–H and O–H groups in total. The maximum atomic E-state index is 13.0. The minimum Gasteiger partial charge on any atom is -0.462 e. The zero-order valence-corrected chi connectivity index (χ0v) is 55.7. The van der Waals surface area contributed by atoms with Crippen LogP contribution in [0.5, 0.6) is 0 Å². The van der Waals surface area contributed by atoms with Crippen LogP contribution in [0.25, 0.3) is 0 Å². The zero-order valence-electron chi connectivity index (χ0n) is 53.9. The molecule has 5 atom stereocenters. The lowest BCUT2D eigenvalue weighted by Crippen LogP contribution is -2.30. The Balaban J connectivity index is 5.16. The SMILES string of the molecule is CCCCCCCCCCCCCCCCCCC(=O)O[C@H](COC(=O)CCCCCCCCCCCCCCCC)COP(=O)(O)OC[C@@H](O)COP(=O)(O)OC[C@@H](COC(=O)CCCCCCCCC)OC(=O)CCCCCCCCC. The van der Waals surface area contributed by atoms with E-state index < -0.39 is 97.5 Å². The number of rotatable bonds is 66. The summed E-state index contributed by atoms with van der Waals surface area (Å²) >= 11 is 0. The largest absolute Gasteiger partial charge is 0.472 e. The molecule has 0 aromatic heterocycles. The standard InChI is InChI=1S/C65H126O17P2/c1-5-9-13-17-21-23-25-27-29-30-32-34-36-40-44-48-52-65(70)82-61(56-76-63(68)50-46-42-39-35-33-31-28-26-24-22-18-14-10-6-2)58-80-84(73,74)78-54-59(66)53-77-83(71,72)79-57-60(81-64(69)51-47-43-38-20-16-12-8-4)55-75-62(67)49-45-41-37-19-15-11-7-3/h59-61,66H,5-58H2,1-4H3,(H,71,72)(H,73,74)/t59-,60+,61+/m0/s1. The second-order valence-electron chi connectivity index (χ2n) is 23.5. The summed E-state index contributed by atoms with van der Waals surface area (Å²) in [5.41, 5.74) is 0. The van der Waals surface area contributed by atoms with Crippen LogP contribution in [0.2, 0.25) is 0 Å². The first kappa shape index (κ1) is 82.1. The Kier molecular flexibility index (Phi) is 58.6. The Morgan fingerprint density at radius 2 is 0.476 bits per heavy atom. The van der Waals surface area contributed by atoms with E-state index in [0.29, 0.717) is 25.7 Å². The first-order valence-corrected chi connectivity index (χ1v) is 37.3. The predicted octanol–water partition coefficient (Wildman–Crippen LogP) is 18.3. The number of hydrogen-bond acceptors (Lipinski definition) is 15. The number of ether oxygens (including phenoxy) is 4. The molecule has 0 aliphatic rings. The fraction of sp³-hybridized carbons (Fsp3) is 0.938. The number of unbranched alkanes of at least 4 members (excludes halogenated alkanes) is 40. The van der Waals surface area contributed by atoms with Crippen LogP contribution in [0.1, 0.15) is 336 Å². The van der Waals surface area contributed by atoms with Gasteiger partial charge < -0.3 is 33.8 Å². The first-order chi connectivity index (χ1) is 40.7. The lowest BCUT2D eigenvalue weighted by Gasteiger charge is -2.21. The van der Waals surface area contributed by atoms with Crippen molar-refractivity contribution in [3.63, 3.8) is 0 Å². The van der Waals surface area contributed by atoms with E-state index in [-0.39, 0.29) is 25.7 Å². The molecule has 498 valence electrons. The van der Waals surface area contributed by atoms with Gasteiger partial charge >= 0.3 is 39.5 Å². The Labute approximate surface area is 511 Å². The summed E-state index contributed by atoms with van der Waals surface area (Å²) < 4.78 is 67.9. The fourth-order valence-corrected chi connectivity index (χ4v) is 11.4. The molecule has 17 nitrogen and oxygen atoms in total. The van der Waals surface area contributed by atoms with Gasteiger partial charge in [0.05, 0.1) is 26.4 Å². The fourth-order valence-electron chi connectivity index (χ4n) is 9.81. The van der Waals surface area contributed by atoms with Crippen LogP contribution in [-0.4, -0.2) is 96.7 Å². The molecular weight excluding hydrogens is 1110 g/mol. The van der Waals surface area contributed by atoms with Crippen LogP contribution in [0, 0.1) is 0 Å². The van der Waals surface area contributed by atoms with Crippen molar-refractivity contribution in [2.24, 2.45) is 0 Å². The van der Waals surface area contributed by atoms with Crippen molar-refractivity contribution in [3.8, 4) is 0 Å². The molecule has 0 rings (SSSR count). The summed E-state index contributed by atoms with van der Waals surface area (Å²) in [5, 5.41) is 10.5. The number of carbonyl (C=O) groups excluding carboxylic acids is 4. The molecule has 0 aromatic rings. The van der Waals surface area contributed by atoms with Gasteiger partial charge in [0.25, 0.3) is 0 Å². The molecule has 0 spiro atoms. The quantitative estimate of drug-likeness (QED) is 0.0222. The van der Waals surface area contributed by atoms with Crippen molar-refractivity contribution < 1.29 is 80.2 Å². The summed E-state index contributed by atoms with van der Waals surface area (Å²) in [5.74, 6) is -2.14. The van der Waals surface area contributed by atoms with Crippen molar-refractivity contribution in [1.29, 1.82) is 0 Å². The van der Waals surface area contributed by atoms with E-state index in [0.717, 1.165) is 116 Å². The van der Waals surface area contributed by atoms with Gasteiger partial charge in [-0.15, -0.1) is 0 Å². The number of aliphatic hydroxyl groups excluding tert-OH is 1. The number of hydrogen-bond donors (Lipinski definition) is 3. The van der Waals surface area contributed by atoms with Crippen LogP contribution in [0.15, 0.2) is 0 Å². The van der Waals surface area contributed by atoms with Crippen LogP contribution >= 0.6 is 15.6 Å². The van der Waals surface area contributed by atoms with Crippen molar-refractivity contribution in [2.45, 2.75) is 354 Å². The second-order valence-corrected chi connectivity index (χ2v) is 26.4. The molecule has 0 aromatic carbocycles. The van der Waals surface area contributed by atoms with Gasteiger partial charge in [-0.3, -0.25) is 37.3 Å². The number of phosphoric ester groups is 2. The van der Waals surface area contributed by atoms with Crippen molar-refractivity contribution in [1.82, 2.24) is 0 Å². The molecule has 0 radical (unpaired) electrons. The van der Waals surface area contributed by atoms with E-state index in [1.54, 1.807) is 0 Å². The normalized spacial score (nSPS) is 14.1. The Morgan fingerprint density at radius 3 is 0.702 bits per heavy atom. The molecule has 0 heterocycles. The predicted molar refractivity (Wildman–Crippen MR) is 335 cm³/mol. The van der Waals surface area contributed by atoms with Crippen LogP contribution in [-0.2, 0) is 65.4 Å². The highest BCUT2D eigenvalue weighted by atomic mass is 31.2. The minimum atomic E-state index is -4.94. The average molecular weight is 1240 g/mol. The number of phosphoric acid groups is 2. The van der Waals surface area contributed by atoms with Gasteiger partial charge in [-0.25, -0.2) is 9.13 Å². The van der Waals surface area contributed by atoms with Crippen molar-refractivity contribution >= 4 is 39.5 Å². The van der Waals surface area contributed by atoms with Crippen molar-refractivity contribution in [3.05, 3.63) is 0 Å². The van der Waals surface area contributed by atoms with E-state index >= 15 is 0 Å². The van der Waals surface area contributed by atoms with Crippen LogP contribution in [0.4, 0.5) is 0 Å². The van der Waals surface area contributed by atoms with Gasteiger partial charge in [0.15, 0.2) is 12.2 Å². The molecule has 0 aliphatic heterocycles. The third-order valence-corrected chi connectivity index (χ3v) is 17.0. The topological polar surface area (TPSA) is 237 Å². The van der Waals surface area contributed by atoms with E-state index in [4.69, 9.17) is 37.0 Å². The number of esters is 4. The third kappa shape index (κ3) is 59.0. The van der Waals surface area contributed by atoms with Gasteiger partial charge in [0, 0.05) is 25.7 Å². The molecule has 84 heavy (non-hydrogen) atoms. The lowest BCUT2D eigenvalue weighted by molar-refractivity contribution is -0.161.